The van der Waals surface area contributed by atoms with Crippen LogP contribution in [0.5, 0.6) is 0 Å². The lowest BCUT2D eigenvalue weighted by Gasteiger charge is -2.17. The van der Waals surface area contributed by atoms with Gasteiger partial charge in [0.05, 0.1) is 0 Å². The molecular weight excluding hydrogens is 210 g/mol. The van der Waals surface area contributed by atoms with Crippen molar-refractivity contribution >= 4 is 0 Å². The first kappa shape index (κ1) is 12.7. The summed E-state index contributed by atoms with van der Waals surface area (Å²) in [4.78, 5) is 2.46. The van der Waals surface area contributed by atoms with E-state index in [1.807, 2.05) is 0 Å². The molecule has 1 aromatic rings. The van der Waals surface area contributed by atoms with E-state index in [0.29, 0.717) is 0 Å². The molecule has 0 aromatic carbocycles. The Morgan fingerprint density at radius 3 is 2.76 bits per heavy atom. The SMILES string of the molecule is CCN(CC)CCn1ccc(CNC2CC2)c1. The first-order valence-electron chi connectivity index (χ1n) is 6.92. The van der Waals surface area contributed by atoms with Crippen LogP contribution in [0, 0.1) is 0 Å². The number of likely N-dealkylation sites (N-methyl/N-ethyl adjacent to an activating group) is 1. The molecule has 1 heterocycles. The maximum atomic E-state index is 3.55. The lowest BCUT2D eigenvalue weighted by Crippen LogP contribution is -2.26. The van der Waals surface area contributed by atoms with Crippen molar-refractivity contribution < 1.29 is 0 Å². The highest BCUT2D eigenvalue weighted by Gasteiger charge is 2.19. The van der Waals surface area contributed by atoms with E-state index in [-0.39, 0.29) is 0 Å². The molecule has 17 heavy (non-hydrogen) atoms. The number of rotatable bonds is 8. The van der Waals surface area contributed by atoms with E-state index in [9.17, 15) is 0 Å². The van der Waals surface area contributed by atoms with Crippen LogP contribution in [-0.4, -0.2) is 35.1 Å². The second-order valence-corrected chi connectivity index (χ2v) is 4.94. The van der Waals surface area contributed by atoms with Gasteiger partial charge in [-0.15, -0.1) is 0 Å². The second-order valence-electron chi connectivity index (χ2n) is 4.94. The summed E-state index contributed by atoms with van der Waals surface area (Å²) < 4.78 is 2.31. The molecule has 1 fully saturated rings. The number of hydrogen-bond donors (Lipinski definition) is 1. The van der Waals surface area contributed by atoms with Crippen LogP contribution in [0.1, 0.15) is 32.3 Å². The molecule has 0 radical (unpaired) electrons. The van der Waals surface area contributed by atoms with E-state index >= 15 is 0 Å². The summed E-state index contributed by atoms with van der Waals surface area (Å²) in [6.45, 7) is 10.0. The van der Waals surface area contributed by atoms with Gasteiger partial charge in [0.1, 0.15) is 0 Å². The highest BCUT2D eigenvalue weighted by atomic mass is 15.1. The van der Waals surface area contributed by atoms with Crippen LogP contribution in [0.2, 0.25) is 0 Å². The predicted octanol–water partition coefficient (Wildman–Crippen LogP) is 2.08. The van der Waals surface area contributed by atoms with Crippen LogP contribution in [0.25, 0.3) is 0 Å². The molecule has 0 aliphatic heterocycles. The summed E-state index contributed by atoms with van der Waals surface area (Å²) in [5.41, 5.74) is 1.41. The van der Waals surface area contributed by atoms with Crippen LogP contribution in [0.15, 0.2) is 18.5 Å². The van der Waals surface area contributed by atoms with Crippen molar-refractivity contribution in [2.24, 2.45) is 0 Å². The molecule has 0 spiro atoms. The van der Waals surface area contributed by atoms with E-state index in [4.69, 9.17) is 0 Å². The number of nitrogens with zero attached hydrogens (tertiary/aromatic N) is 2. The standard InChI is InChI=1S/C14H25N3/c1-3-16(4-2)9-10-17-8-7-13(12-17)11-15-14-5-6-14/h7-8,12,14-15H,3-6,9-11H2,1-2H3. The number of aromatic nitrogens is 1. The van der Waals surface area contributed by atoms with E-state index < -0.39 is 0 Å². The average molecular weight is 235 g/mol. The predicted molar refractivity (Wildman–Crippen MR) is 72.1 cm³/mol. The molecule has 3 nitrogen and oxygen atoms in total. The molecule has 0 atom stereocenters. The van der Waals surface area contributed by atoms with Crippen molar-refractivity contribution in [1.29, 1.82) is 0 Å². The third-order valence-electron chi connectivity index (χ3n) is 3.55. The van der Waals surface area contributed by atoms with Crippen molar-refractivity contribution in [3.05, 3.63) is 24.0 Å². The molecule has 96 valence electrons. The minimum absolute atomic E-state index is 0.800. The van der Waals surface area contributed by atoms with Gasteiger partial charge in [0.15, 0.2) is 0 Å². The molecule has 0 saturated heterocycles. The summed E-state index contributed by atoms with van der Waals surface area (Å²) in [5, 5.41) is 3.55. The number of nitrogens with one attached hydrogen (secondary N) is 1. The first-order chi connectivity index (χ1) is 8.31. The highest BCUT2D eigenvalue weighted by Crippen LogP contribution is 2.19. The summed E-state index contributed by atoms with van der Waals surface area (Å²) >= 11 is 0. The fourth-order valence-electron chi connectivity index (χ4n) is 2.08. The summed E-state index contributed by atoms with van der Waals surface area (Å²) in [6, 6.07) is 3.03. The van der Waals surface area contributed by atoms with Crippen molar-refractivity contribution in [2.75, 3.05) is 19.6 Å². The van der Waals surface area contributed by atoms with Gasteiger partial charge in [-0.1, -0.05) is 13.8 Å². The second kappa shape index (κ2) is 6.22. The minimum Gasteiger partial charge on any atom is -0.353 e. The summed E-state index contributed by atoms with van der Waals surface area (Å²) in [5.74, 6) is 0. The van der Waals surface area contributed by atoms with Crippen LogP contribution in [0.3, 0.4) is 0 Å². The fourth-order valence-corrected chi connectivity index (χ4v) is 2.08. The lowest BCUT2D eigenvalue weighted by molar-refractivity contribution is 0.290. The van der Waals surface area contributed by atoms with Crippen molar-refractivity contribution in [2.45, 2.75) is 45.8 Å². The Labute approximate surface area is 105 Å². The zero-order valence-electron chi connectivity index (χ0n) is 11.2. The van der Waals surface area contributed by atoms with Crippen LogP contribution in [0.4, 0.5) is 0 Å². The van der Waals surface area contributed by atoms with E-state index in [0.717, 1.165) is 38.8 Å². The van der Waals surface area contributed by atoms with Crippen molar-refractivity contribution in [1.82, 2.24) is 14.8 Å². The maximum absolute atomic E-state index is 3.55. The third kappa shape index (κ3) is 4.17. The molecule has 1 N–H and O–H groups in total. The molecule has 1 aromatic heterocycles. The number of hydrogen-bond acceptors (Lipinski definition) is 2. The van der Waals surface area contributed by atoms with Crippen LogP contribution < -0.4 is 5.32 Å². The molecule has 0 amide bonds. The van der Waals surface area contributed by atoms with Gasteiger partial charge in [-0.2, -0.15) is 0 Å². The van der Waals surface area contributed by atoms with Gasteiger partial charge in [0.25, 0.3) is 0 Å². The van der Waals surface area contributed by atoms with Gasteiger partial charge >= 0.3 is 0 Å². The summed E-state index contributed by atoms with van der Waals surface area (Å²) in [6.07, 6.45) is 7.21. The Balaban J connectivity index is 1.72. The molecular formula is C14H25N3. The quantitative estimate of drug-likeness (QED) is 0.744. The van der Waals surface area contributed by atoms with Gasteiger partial charge in [0, 0.05) is 38.1 Å². The largest absolute Gasteiger partial charge is 0.353 e. The third-order valence-corrected chi connectivity index (χ3v) is 3.55. The minimum atomic E-state index is 0.800. The summed E-state index contributed by atoms with van der Waals surface area (Å²) in [7, 11) is 0. The molecule has 0 unspecified atom stereocenters. The lowest BCUT2D eigenvalue weighted by atomic mass is 10.3. The maximum Gasteiger partial charge on any atom is 0.0347 e. The fraction of sp³-hybridized carbons (Fsp3) is 0.714. The topological polar surface area (TPSA) is 20.2 Å². The smallest absolute Gasteiger partial charge is 0.0347 e. The van der Waals surface area contributed by atoms with Crippen LogP contribution >= 0.6 is 0 Å². The Bertz CT molecular complexity index is 324. The molecule has 3 heteroatoms. The Morgan fingerprint density at radius 2 is 2.12 bits per heavy atom. The molecule has 0 bridgehead atoms. The molecule has 2 rings (SSSR count). The Hall–Kier alpha value is -0.800. The highest BCUT2D eigenvalue weighted by molar-refractivity contribution is 5.10. The van der Waals surface area contributed by atoms with Gasteiger partial charge < -0.3 is 14.8 Å². The Kier molecular flexibility index (Phi) is 4.63. The van der Waals surface area contributed by atoms with E-state index in [1.165, 1.54) is 18.4 Å². The van der Waals surface area contributed by atoms with Crippen molar-refractivity contribution in [3.8, 4) is 0 Å². The van der Waals surface area contributed by atoms with Gasteiger partial charge in [-0.3, -0.25) is 0 Å². The van der Waals surface area contributed by atoms with Crippen molar-refractivity contribution in [3.63, 3.8) is 0 Å². The Morgan fingerprint density at radius 1 is 1.35 bits per heavy atom. The van der Waals surface area contributed by atoms with Gasteiger partial charge in [-0.05, 0) is 37.6 Å². The first-order valence-corrected chi connectivity index (χ1v) is 6.92. The molecule has 1 aliphatic carbocycles. The van der Waals surface area contributed by atoms with E-state index in [2.05, 4.69) is 47.1 Å². The zero-order chi connectivity index (χ0) is 12.1. The molecule has 1 aliphatic rings. The average Bonchev–Trinajstić information content (AvgIpc) is 3.07. The monoisotopic (exact) mass is 235 g/mol. The van der Waals surface area contributed by atoms with E-state index in [1.54, 1.807) is 0 Å². The zero-order valence-corrected chi connectivity index (χ0v) is 11.2. The normalized spacial score (nSPS) is 15.7. The molecule has 1 saturated carbocycles. The van der Waals surface area contributed by atoms with Crippen LogP contribution in [-0.2, 0) is 13.1 Å². The van der Waals surface area contributed by atoms with Gasteiger partial charge in [0.2, 0.25) is 0 Å². The van der Waals surface area contributed by atoms with Gasteiger partial charge in [-0.25, -0.2) is 0 Å².